The molecule has 0 amide bonds. The highest BCUT2D eigenvalue weighted by Gasteiger charge is 2.47. The molecular weight excluding hydrogens is 420 g/mol. The molecule has 5 N–H and O–H groups in total. The average molecular weight is 442 g/mol. The number of oxime groups is 1. The first-order valence-corrected chi connectivity index (χ1v) is 9.79. The van der Waals surface area contributed by atoms with Crippen LogP contribution in [0.3, 0.4) is 0 Å². The molecule has 0 aliphatic carbocycles. The normalized spacial score (nSPS) is 25.8. The first-order valence-electron chi connectivity index (χ1n) is 9.79. The Bertz CT molecular complexity index is 1080. The van der Waals surface area contributed by atoms with Gasteiger partial charge in [0.1, 0.15) is 41.5 Å². The summed E-state index contributed by atoms with van der Waals surface area (Å²) in [6.45, 7) is -0.540. The zero-order chi connectivity index (χ0) is 22.7. The van der Waals surface area contributed by atoms with Gasteiger partial charge in [0.15, 0.2) is 0 Å². The molecule has 0 radical (unpaired) electrons. The molecule has 0 unspecified atom stereocenters. The highest BCUT2D eigenvalue weighted by molar-refractivity contribution is 5.83. The Morgan fingerprint density at radius 2 is 1.88 bits per heavy atom. The minimum Gasteiger partial charge on any atom is -0.508 e. The third-order valence-corrected chi connectivity index (χ3v) is 5.10. The lowest BCUT2D eigenvalue weighted by Crippen LogP contribution is -2.56. The summed E-state index contributed by atoms with van der Waals surface area (Å²) < 4.78 is 6.73. The van der Waals surface area contributed by atoms with E-state index < -0.39 is 37.3 Å². The number of aromatic hydroxyl groups is 2. The number of ether oxygens (including phenoxy) is 1. The molecule has 4 rings (SSSR count). The van der Waals surface area contributed by atoms with Gasteiger partial charge in [0.05, 0.1) is 19.0 Å². The van der Waals surface area contributed by atoms with Crippen LogP contribution < -0.4 is 0 Å². The number of benzene rings is 2. The van der Waals surface area contributed by atoms with Crippen LogP contribution in [-0.2, 0) is 9.57 Å². The topological polar surface area (TPSA) is 163 Å². The molecule has 1 fully saturated rings. The van der Waals surface area contributed by atoms with Crippen molar-refractivity contribution in [3.05, 3.63) is 60.3 Å². The van der Waals surface area contributed by atoms with E-state index in [-0.39, 0.29) is 17.1 Å². The molecule has 2 aromatic carbocycles. The fraction of sp³-hybridized carbons (Fsp3) is 0.286. The van der Waals surface area contributed by atoms with Gasteiger partial charge in [-0.2, -0.15) is 0 Å². The number of aromatic nitrogens is 3. The van der Waals surface area contributed by atoms with Crippen LogP contribution in [0.4, 0.5) is 0 Å². The molecule has 168 valence electrons. The predicted octanol–water partition coefficient (Wildman–Crippen LogP) is 0.387. The first-order chi connectivity index (χ1) is 15.5. The van der Waals surface area contributed by atoms with E-state index in [1.165, 1.54) is 22.9 Å². The van der Waals surface area contributed by atoms with Gasteiger partial charge in [-0.1, -0.05) is 40.7 Å². The number of hydrogen-bond donors (Lipinski definition) is 5. The zero-order valence-electron chi connectivity index (χ0n) is 16.7. The second kappa shape index (κ2) is 9.32. The summed E-state index contributed by atoms with van der Waals surface area (Å²) in [5.41, 5.74) is 1.51. The number of rotatable bonds is 6. The average Bonchev–Trinajstić information content (AvgIpc) is 3.28. The summed E-state index contributed by atoms with van der Waals surface area (Å²) in [6, 6.07) is 12.1. The molecule has 0 saturated carbocycles. The Morgan fingerprint density at radius 1 is 1.09 bits per heavy atom. The van der Waals surface area contributed by atoms with Crippen LogP contribution in [0.5, 0.6) is 11.5 Å². The van der Waals surface area contributed by atoms with Gasteiger partial charge in [-0.05, 0) is 18.2 Å². The Kier molecular flexibility index (Phi) is 6.32. The second-order valence-electron chi connectivity index (χ2n) is 7.23. The van der Waals surface area contributed by atoms with Crippen LogP contribution in [0.1, 0.15) is 11.6 Å². The molecule has 11 nitrogen and oxygen atoms in total. The smallest absolute Gasteiger partial charge is 0.255 e. The summed E-state index contributed by atoms with van der Waals surface area (Å²) in [7, 11) is 0. The van der Waals surface area contributed by atoms with Crippen LogP contribution in [0.25, 0.3) is 11.3 Å². The zero-order valence-corrected chi connectivity index (χ0v) is 16.7. The van der Waals surface area contributed by atoms with E-state index in [2.05, 4.69) is 15.5 Å². The molecule has 2 heterocycles. The van der Waals surface area contributed by atoms with Crippen molar-refractivity contribution in [2.75, 3.05) is 6.61 Å². The molecule has 0 bridgehead atoms. The molecule has 1 aliphatic heterocycles. The Balaban J connectivity index is 1.54. The maximum Gasteiger partial charge on any atom is 0.255 e. The van der Waals surface area contributed by atoms with E-state index in [9.17, 15) is 25.5 Å². The van der Waals surface area contributed by atoms with Gasteiger partial charge in [0.2, 0.25) is 0 Å². The summed E-state index contributed by atoms with van der Waals surface area (Å²) in [5.74, 6) is -0.222. The van der Waals surface area contributed by atoms with E-state index in [1.807, 2.05) is 30.3 Å². The number of phenolic OH excluding ortho intramolecular Hbond substituents is 2. The van der Waals surface area contributed by atoms with Gasteiger partial charge < -0.3 is 35.1 Å². The summed E-state index contributed by atoms with van der Waals surface area (Å²) >= 11 is 0. The van der Waals surface area contributed by atoms with Gasteiger partial charge >= 0.3 is 0 Å². The third-order valence-electron chi connectivity index (χ3n) is 5.10. The van der Waals surface area contributed by atoms with E-state index in [4.69, 9.17) is 9.57 Å². The molecule has 5 atom stereocenters. The van der Waals surface area contributed by atoms with Gasteiger partial charge in [-0.15, -0.1) is 5.10 Å². The highest BCUT2D eigenvalue weighted by Crippen LogP contribution is 2.31. The van der Waals surface area contributed by atoms with Crippen LogP contribution in [0, 0.1) is 0 Å². The number of nitrogens with zero attached hydrogens (tertiary/aromatic N) is 4. The van der Waals surface area contributed by atoms with Crippen molar-refractivity contribution >= 4 is 6.21 Å². The molecule has 32 heavy (non-hydrogen) atoms. The van der Waals surface area contributed by atoms with Crippen molar-refractivity contribution in [3.63, 3.8) is 0 Å². The van der Waals surface area contributed by atoms with Crippen molar-refractivity contribution in [2.45, 2.75) is 30.6 Å². The summed E-state index contributed by atoms with van der Waals surface area (Å²) in [5, 5.41) is 62.2. The van der Waals surface area contributed by atoms with Crippen LogP contribution in [0.2, 0.25) is 0 Å². The van der Waals surface area contributed by atoms with E-state index in [0.29, 0.717) is 5.69 Å². The fourth-order valence-electron chi connectivity index (χ4n) is 3.42. The van der Waals surface area contributed by atoms with Crippen molar-refractivity contribution in [1.82, 2.24) is 15.0 Å². The monoisotopic (exact) mass is 442 g/mol. The third kappa shape index (κ3) is 4.41. The van der Waals surface area contributed by atoms with Crippen molar-refractivity contribution in [3.8, 4) is 22.8 Å². The summed E-state index contributed by atoms with van der Waals surface area (Å²) in [4.78, 5) is 5.24. The lowest BCUT2D eigenvalue weighted by Gasteiger charge is -2.40. The fourth-order valence-corrected chi connectivity index (χ4v) is 3.42. The first kappa shape index (κ1) is 21.7. The molecule has 0 spiro atoms. The largest absolute Gasteiger partial charge is 0.508 e. The maximum atomic E-state index is 10.8. The van der Waals surface area contributed by atoms with E-state index in [1.54, 1.807) is 6.20 Å². The van der Waals surface area contributed by atoms with Gasteiger partial charge in [-0.3, -0.25) is 0 Å². The Labute approximate surface area is 182 Å². The van der Waals surface area contributed by atoms with Crippen LogP contribution in [0.15, 0.2) is 59.9 Å². The van der Waals surface area contributed by atoms with Gasteiger partial charge in [0.25, 0.3) is 6.29 Å². The van der Waals surface area contributed by atoms with Gasteiger partial charge in [-0.25, -0.2) is 4.68 Å². The molecule has 1 aliphatic rings. The van der Waals surface area contributed by atoms with E-state index >= 15 is 0 Å². The predicted molar refractivity (Wildman–Crippen MR) is 111 cm³/mol. The molecule has 1 saturated heterocycles. The number of aliphatic hydroxyl groups excluding tert-OH is 3. The minimum atomic E-state index is -1.42. The molecular formula is C21H22N4O7. The van der Waals surface area contributed by atoms with Crippen molar-refractivity contribution in [2.24, 2.45) is 5.16 Å². The lowest BCUT2D eigenvalue weighted by molar-refractivity contribution is -0.287. The van der Waals surface area contributed by atoms with Crippen LogP contribution >= 0.6 is 0 Å². The Hall–Kier alpha value is -3.51. The van der Waals surface area contributed by atoms with Crippen molar-refractivity contribution < 1.29 is 35.1 Å². The maximum absolute atomic E-state index is 10.8. The SMILES string of the molecule is OC[C@H]1O[C@@H](O/N=C/c2cc(O)ccc2O)[C@H](O)[C@@H](n2cc(-c3ccccc3)nn2)[C@H]1O. The van der Waals surface area contributed by atoms with E-state index in [0.717, 1.165) is 11.8 Å². The van der Waals surface area contributed by atoms with Crippen LogP contribution in [-0.4, -0.2) is 77.9 Å². The summed E-state index contributed by atoms with van der Waals surface area (Å²) in [6.07, 6.45) is -2.48. The standard InChI is InChI=1S/C21H22N4O7/c26-11-17-19(29)18(25-10-15(23-24-25)12-4-2-1-3-5-12)20(30)21(31-17)32-22-9-13-8-14(27)6-7-16(13)28/h1-10,17-21,26-30H,11H2/b22-9+/t17-,18+,19+,20-,21+/m1/s1. The molecule has 11 heteroatoms. The quantitative estimate of drug-likeness (QED) is 0.206. The minimum absolute atomic E-state index is 0.0814. The number of phenols is 2. The second-order valence-corrected chi connectivity index (χ2v) is 7.23. The molecule has 3 aromatic rings. The Morgan fingerprint density at radius 3 is 2.62 bits per heavy atom. The number of aliphatic hydroxyl groups is 3. The highest BCUT2D eigenvalue weighted by atomic mass is 16.8. The number of hydrogen-bond acceptors (Lipinski definition) is 10. The molecule has 1 aromatic heterocycles. The van der Waals surface area contributed by atoms with Crippen molar-refractivity contribution in [1.29, 1.82) is 0 Å². The van der Waals surface area contributed by atoms with Gasteiger partial charge in [0, 0.05) is 11.1 Å². The lowest BCUT2D eigenvalue weighted by atomic mass is 9.96.